The molecule has 0 saturated heterocycles. The first-order valence-electron chi connectivity index (χ1n) is 0. The molecule has 0 bridgehead atoms. The van der Waals surface area contributed by atoms with Crippen LogP contribution in [-0.2, 0) is 43.4 Å². The second kappa shape index (κ2) is 489. The normalized spacial score (nSPS) is 0. The summed E-state index contributed by atoms with van der Waals surface area (Å²) in [5.41, 5.74) is 0. The van der Waals surface area contributed by atoms with Gasteiger partial charge < -0.3 is 43.8 Å². The van der Waals surface area contributed by atoms with Crippen LogP contribution < -0.4 is 0 Å². The molecule has 78 valence electrons. The van der Waals surface area contributed by atoms with Crippen molar-refractivity contribution in [2.75, 3.05) is 0 Å². The molecule has 0 radical (unpaired) electrons. The minimum Gasteiger partial charge on any atom is -0.412 e. The predicted octanol–water partition coefficient (Wildman–Crippen LogP) is -7.79. The first-order valence-corrected chi connectivity index (χ1v) is 0. The fraction of sp³-hybridized carbons (Fsp3) is 0. The van der Waals surface area contributed by atoms with Gasteiger partial charge in [-0.1, -0.05) is 0 Å². The van der Waals surface area contributed by atoms with Crippen LogP contribution in [0.4, 0.5) is 0 Å². The summed E-state index contributed by atoms with van der Waals surface area (Å²) in [7, 11) is 0. The molecule has 0 atom stereocenters. The summed E-state index contributed by atoms with van der Waals surface area (Å²) in [5, 5.41) is 0. The van der Waals surface area contributed by atoms with E-state index < -0.39 is 0 Å². The average molecular weight is 270 g/mol. The topological polar surface area (TPSA) is 252 Å². The van der Waals surface area contributed by atoms with Gasteiger partial charge in [0.2, 0.25) is 0 Å². The van der Waals surface area contributed by atoms with Gasteiger partial charge in [-0.3, -0.25) is 0 Å². The van der Waals surface area contributed by atoms with Crippen molar-refractivity contribution in [3.63, 3.8) is 0 Å². The maximum absolute atomic E-state index is 0. The molecule has 0 unspecified atom stereocenters. The standard InChI is InChI=1S/Al.8H2O.2Ti.3H/h;8*1H2;;;;;. The van der Waals surface area contributed by atoms with Crippen molar-refractivity contribution in [3.05, 3.63) is 0 Å². The second-order valence-corrected chi connectivity index (χ2v) is 0. The van der Waals surface area contributed by atoms with E-state index in [1.54, 1.807) is 0 Å². The molecule has 0 aliphatic carbocycles. The molecular formula is H19AlO8Ti2. The Morgan fingerprint density at radius 1 is 0.273 bits per heavy atom. The zero-order chi connectivity index (χ0) is 0. The molecule has 11 heteroatoms. The van der Waals surface area contributed by atoms with E-state index in [0.29, 0.717) is 0 Å². The van der Waals surface area contributed by atoms with Gasteiger partial charge in [0.15, 0.2) is 17.4 Å². The first kappa shape index (κ1) is 636. The van der Waals surface area contributed by atoms with Gasteiger partial charge in [-0.25, -0.2) is 0 Å². The van der Waals surface area contributed by atoms with Gasteiger partial charge in [0, 0.05) is 43.4 Å². The van der Waals surface area contributed by atoms with Crippen molar-refractivity contribution >= 4 is 17.4 Å². The molecule has 0 heterocycles. The molecule has 0 spiro atoms. The monoisotopic (exact) mass is 270 g/mol. The summed E-state index contributed by atoms with van der Waals surface area (Å²) in [5.74, 6) is 0. The maximum atomic E-state index is 0. The smallest absolute Gasteiger partial charge is 0.187 e. The summed E-state index contributed by atoms with van der Waals surface area (Å²) >= 11 is 0. The molecule has 11 heavy (non-hydrogen) atoms. The molecule has 0 amide bonds. The molecule has 16 N–H and O–H groups in total. The van der Waals surface area contributed by atoms with Crippen LogP contribution in [0.2, 0.25) is 0 Å². The Morgan fingerprint density at radius 3 is 0.273 bits per heavy atom. The fourth-order valence-electron chi connectivity index (χ4n) is 0. The minimum atomic E-state index is 0. The third kappa shape index (κ3) is 402. The zero-order valence-corrected chi connectivity index (χ0v) is 8.12. The van der Waals surface area contributed by atoms with Crippen molar-refractivity contribution in [1.29, 1.82) is 0 Å². The van der Waals surface area contributed by atoms with Gasteiger partial charge in [0.1, 0.15) is 0 Å². The summed E-state index contributed by atoms with van der Waals surface area (Å²) in [6.45, 7) is 0. The molecule has 0 aromatic rings. The van der Waals surface area contributed by atoms with E-state index in [1.165, 1.54) is 0 Å². The zero-order valence-electron chi connectivity index (χ0n) is 5.00. The van der Waals surface area contributed by atoms with Gasteiger partial charge in [0.25, 0.3) is 0 Å². The molecule has 0 fully saturated rings. The molecular weight excluding hydrogens is 251 g/mol. The second-order valence-electron chi connectivity index (χ2n) is 0. The van der Waals surface area contributed by atoms with Crippen molar-refractivity contribution in [3.8, 4) is 0 Å². The molecule has 8 nitrogen and oxygen atoms in total. The summed E-state index contributed by atoms with van der Waals surface area (Å²) in [4.78, 5) is 0. The third-order valence-electron chi connectivity index (χ3n) is 0. The van der Waals surface area contributed by atoms with Crippen molar-refractivity contribution in [1.82, 2.24) is 0 Å². The van der Waals surface area contributed by atoms with Crippen LogP contribution in [0.1, 0.15) is 0 Å². The molecule has 0 saturated carbocycles. The number of hydrogen-bond donors (Lipinski definition) is 0. The van der Waals surface area contributed by atoms with Crippen LogP contribution in [0.5, 0.6) is 0 Å². The van der Waals surface area contributed by atoms with E-state index in [9.17, 15) is 0 Å². The summed E-state index contributed by atoms with van der Waals surface area (Å²) < 4.78 is 0. The van der Waals surface area contributed by atoms with Crippen LogP contribution in [0.15, 0.2) is 0 Å². The van der Waals surface area contributed by atoms with Crippen molar-refractivity contribution < 1.29 is 87.2 Å². The molecule has 0 aromatic heterocycles. The number of rotatable bonds is 0. The Balaban J connectivity index is 0. The van der Waals surface area contributed by atoms with E-state index >= 15 is 0 Å². The van der Waals surface area contributed by atoms with Crippen LogP contribution >= 0.6 is 0 Å². The van der Waals surface area contributed by atoms with Crippen LogP contribution in [0, 0.1) is 0 Å². The van der Waals surface area contributed by atoms with Gasteiger partial charge in [0.05, 0.1) is 0 Å². The first-order chi connectivity index (χ1) is 0. The predicted molar refractivity (Wildman–Crippen MR) is 38.8 cm³/mol. The fourth-order valence-corrected chi connectivity index (χ4v) is 0. The van der Waals surface area contributed by atoms with Gasteiger partial charge in [-0.2, -0.15) is 0 Å². The van der Waals surface area contributed by atoms with Gasteiger partial charge >= 0.3 is 0 Å². The van der Waals surface area contributed by atoms with E-state index in [0.717, 1.165) is 0 Å². The van der Waals surface area contributed by atoms with E-state index in [4.69, 9.17) is 0 Å². The SMILES string of the molecule is O.O.O.O.O.O.O.O.[AlH3].[Ti].[Ti]. The Kier molecular flexibility index (Phi) is 28300. The van der Waals surface area contributed by atoms with Crippen LogP contribution in [0.25, 0.3) is 0 Å². The molecule has 0 aliphatic rings. The van der Waals surface area contributed by atoms with E-state index in [-0.39, 0.29) is 105 Å². The van der Waals surface area contributed by atoms with Crippen LogP contribution in [0.3, 0.4) is 0 Å². The maximum Gasteiger partial charge on any atom is 0.187 e. The van der Waals surface area contributed by atoms with Crippen molar-refractivity contribution in [2.45, 2.75) is 0 Å². The third-order valence-corrected chi connectivity index (χ3v) is 0. The Bertz CT molecular complexity index is 12.1. The van der Waals surface area contributed by atoms with Gasteiger partial charge in [-0.15, -0.1) is 0 Å². The van der Waals surface area contributed by atoms with E-state index in [2.05, 4.69) is 0 Å². The average Bonchev–Trinajstić information content (AvgIpc) is 0. The largest absolute Gasteiger partial charge is 0.412 e. The summed E-state index contributed by atoms with van der Waals surface area (Å²) in [6, 6.07) is 0. The quantitative estimate of drug-likeness (QED) is 0.371. The molecule has 0 rings (SSSR count). The Labute approximate surface area is 104 Å². The summed E-state index contributed by atoms with van der Waals surface area (Å²) in [6.07, 6.45) is 0. The number of hydrogen-bond acceptors (Lipinski definition) is 0. The Hall–Kier alpha value is 1.64. The van der Waals surface area contributed by atoms with Gasteiger partial charge in [-0.05, 0) is 0 Å². The molecule has 0 aromatic carbocycles. The van der Waals surface area contributed by atoms with Crippen molar-refractivity contribution in [2.24, 2.45) is 0 Å². The van der Waals surface area contributed by atoms with Crippen LogP contribution in [-0.4, -0.2) is 61.2 Å². The minimum absolute atomic E-state index is 0. The van der Waals surface area contributed by atoms with E-state index in [1.807, 2.05) is 0 Å². The Morgan fingerprint density at radius 2 is 0.273 bits per heavy atom. The molecule has 0 aliphatic heterocycles.